The highest BCUT2D eigenvalue weighted by atomic mass is 17.2. The molecule has 38 heavy (non-hydrogen) atoms. The van der Waals surface area contributed by atoms with Gasteiger partial charge in [0.05, 0.1) is 13.2 Å². The molecule has 0 radical (unpaired) electrons. The SMILES string of the molecule is COO[C@H]1CC[C@]2(C)[C@H]3C(=O)C=C4C(CC[C@@]5(C)CC[C@](C)(C(=O)NC(C)C)C[C@@H]45)[C@]3(C)CC[C@H]2C1(C)C. The summed E-state index contributed by atoms with van der Waals surface area (Å²) in [5.74, 6) is 1.77. The number of carbonyl (C=O) groups excluding carboxylic acids is 2. The Kier molecular flexibility index (Phi) is 6.83. The Morgan fingerprint density at radius 3 is 2.26 bits per heavy atom. The topological polar surface area (TPSA) is 64.6 Å². The van der Waals surface area contributed by atoms with Crippen LogP contribution in [0.5, 0.6) is 0 Å². The highest BCUT2D eigenvalue weighted by Crippen LogP contribution is 2.71. The van der Waals surface area contributed by atoms with E-state index < -0.39 is 0 Å². The van der Waals surface area contributed by atoms with Crippen molar-refractivity contribution in [2.45, 2.75) is 125 Å². The maximum absolute atomic E-state index is 14.4. The minimum Gasteiger partial charge on any atom is -0.353 e. The van der Waals surface area contributed by atoms with Crippen LogP contribution in [0.15, 0.2) is 11.6 Å². The first-order valence-electron chi connectivity index (χ1n) is 15.4. The molecule has 0 aromatic heterocycles. The Bertz CT molecular complexity index is 1020. The summed E-state index contributed by atoms with van der Waals surface area (Å²) in [4.78, 5) is 38.6. The molecule has 4 saturated carbocycles. The molecule has 1 amide bonds. The number of fused-ring (bicyclic) bond motifs is 7. The fraction of sp³-hybridized carbons (Fsp3) is 0.879. The molecule has 0 aliphatic heterocycles. The summed E-state index contributed by atoms with van der Waals surface area (Å²) in [5, 5.41) is 3.21. The lowest BCUT2D eigenvalue weighted by atomic mass is 9.37. The summed E-state index contributed by atoms with van der Waals surface area (Å²) in [6.07, 6.45) is 11.6. The first-order chi connectivity index (χ1) is 17.6. The molecule has 0 aromatic rings. The summed E-state index contributed by atoms with van der Waals surface area (Å²) >= 11 is 0. The summed E-state index contributed by atoms with van der Waals surface area (Å²) < 4.78 is 0. The highest BCUT2D eigenvalue weighted by Gasteiger charge is 2.67. The van der Waals surface area contributed by atoms with E-state index in [2.05, 4.69) is 52.9 Å². The van der Waals surface area contributed by atoms with Crippen LogP contribution in [0.2, 0.25) is 0 Å². The Morgan fingerprint density at radius 1 is 0.921 bits per heavy atom. The Hall–Kier alpha value is -1.20. The molecule has 214 valence electrons. The zero-order valence-electron chi connectivity index (χ0n) is 25.5. The van der Waals surface area contributed by atoms with Gasteiger partial charge in [0.2, 0.25) is 5.91 Å². The fourth-order valence-corrected chi connectivity index (χ4v) is 10.8. The Labute approximate surface area is 231 Å². The number of carbonyl (C=O) groups is 2. The monoisotopic (exact) mass is 527 g/mol. The van der Waals surface area contributed by atoms with Crippen molar-refractivity contribution in [1.82, 2.24) is 5.32 Å². The van der Waals surface area contributed by atoms with Crippen molar-refractivity contribution >= 4 is 11.7 Å². The average molecular weight is 528 g/mol. The lowest BCUT2D eigenvalue weighted by Crippen LogP contribution is -2.64. The van der Waals surface area contributed by atoms with Gasteiger partial charge in [-0.15, -0.1) is 0 Å². The van der Waals surface area contributed by atoms with Gasteiger partial charge in [-0.1, -0.05) is 47.1 Å². The predicted octanol–water partition coefficient (Wildman–Crippen LogP) is 7.05. The molecule has 9 atom stereocenters. The maximum atomic E-state index is 14.4. The van der Waals surface area contributed by atoms with Gasteiger partial charge < -0.3 is 5.32 Å². The van der Waals surface area contributed by atoms with E-state index in [0.29, 0.717) is 23.5 Å². The summed E-state index contributed by atoms with van der Waals surface area (Å²) in [6.45, 7) is 18.2. The van der Waals surface area contributed by atoms with E-state index in [1.54, 1.807) is 7.11 Å². The van der Waals surface area contributed by atoms with Crippen LogP contribution in [0.1, 0.15) is 113 Å². The fourth-order valence-electron chi connectivity index (χ4n) is 10.8. The first kappa shape index (κ1) is 28.3. The van der Waals surface area contributed by atoms with Crippen molar-refractivity contribution in [2.24, 2.45) is 50.7 Å². The zero-order chi connectivity index (χ0) is 27.9. The van der Waals surface area contributed by atoms with Crippen molar-refractivity contribution in [3.8, 4) is 0 Å². The summed E-state index contributed by atoms with van der Waals surface area (Å²) in [7, 11) is 1.61. The van der Waals surface area contributed by atoms with E-state index in [1.807, 2.05) is 13.8 Å². The van der Waals surface area contributed by atoms with Gasteiger partial charge in [0.1, 0.15) is 0 Å². The van der Waals surface area contributed by atoms with Gasteiger partial charge in [-0.3, -0.25) is 9.59 Å². The molecule has 0 spiro atoms. The predicted molar refractivity (Wildman–Crippen MR) is 150 cm³/mol. The molecule has 0 bridgehead atoms. The third-order valence-electron chi connectivity index (χ3n) is 12.9. The first-order valence-corrected chi connectivity index (χ1v) is 15.4. The highest BCUT2D eigenvalue weighted by molar-refractivity contribution is 5.95. The van der Waals surface area contributed by atoms with Crippen molar-refractivity contribution in [2.75, 3.05) is 7.11 Å². The molecule has 0 saturated heterocycles. The van der Waals surface area contributed by atoms with E-state index >= 15 is 0 Å². The third kappa shape index (κ3) is 3.99. The van der Waals surface area contributed by atoms with Crippen LogP contribution in [0.3, 0.4) is 0 Å². The molecular formula is C33H53NO4. The molecule has 5 heteroatoms. The van der Waals surface area contributed by atoms with Crippen LogP contribution < -0.4 is 5.32 Å². The molecule has 1 unspecified atom stereocenters. The van der Waals surface area contributed by atoms with Crippen molar-refractivity contribution in [3.05, 3.63) is 11.6 Å². The van der Waals surface area contributed by atoms with Gasteiger partial charge in [0.15, 0.2) is 5.78 Å². The second kappa shape index (κ2) is 9.16. The number of ketones is 1. The molecule has 5 aliphatic carbocycles. The van der Waals surface area contributed by atoms with Gasteiger partial charge in [0.25, 0.3) is 0 Å². The largest absolute Gasteiger partial charge is 0.353 e. The maximum Gasteiger partial charge on any atom is 0.226 e. The van der Waals surface area contributed by atoms with Gasteiger partial charge >= 0.3 is 0 Å². The van der Waals surface area contributed by atoms with Crippen molar-refractivity contribution < 1.29 is 19.4 Å². The number of nitrogens with one attached hydrogen (secondary N) is 1. The molecule has 5 aliphatic rings. The van der Waals surface area contributed by atoms with E-state index in [-0.39, 0.29) is 51.0 Å². The summed E-state index contributed by atoms with van der Waals surface area (Å²) in [6, 6.07) is 0.145. The summed E-state index contributed by atoms with van der Waals surface area (Å²) in [5.41, 5.74) is 1.10. The van der Waals surface area contributed by atoms with Gasteiger partial charge in [-0.05, 0) is 117 Å². The number of hydrogen-bond acceptors (Lipinski definition) is 4. The van der Waals surface area contributed by atoms with Gasteiger partial charge in [-0.2, -0.15) is 0 Å². The lowest BCUT2D eigenvalue weighted by molar-refractivity contribution is -0.346. The quantitative estimate of drug-likeness (QED) is 0.314. The minimum absolute atomic E-state index is 0.0210. The van der Waals surface area contributed by atoms with Crippen LogP contribution in [-0.2, 0) is 19.4 Å². The molecule has 1 N–H and O–H groups in total. The second-order valence-electron chi connectivity index (χ2n) is 15.9. The van der Waals surface area contributed by atoms with E-state index in [9.17, 15) is 9.59 Å². The molecule has 4 fully saturated rings. The molecule has 5 nitrogen and oxygen atoms in total. The lowest BCUT2D eigenvalue weighted by Gasteiger charge is -2.67. The van der Waals surface area contributed by atoms with Gasteiger partial charge in [0, 0.05) is 17.4 Å². The smallest absolute Gasteiger partial charge is 0.226 e. The van der Waals surface area contributed by atoms with E-state index in [4.69, 9.17) is 9.78 Å². The standard InChI is InChI=1S/C33H53NO4/c1-20(2)34-28(36)31(6)17-16-30(5)13-10-22-21(23(30)19-31)18-24(35)27-32(22,7)14-11-25-29(3,4)26(38-37-9)12-15-33(25,27)8/h18,20,22-23,25-27H,10-17,19H2,1-9H3,(H,34,36)/t22?,23-,25-,26-,27-,30-,31-,32-,33-/m0/s1. The number of rotatable bonds is 4. The number of hydrogen-bond donors (Lipinski definition) is 1. The minimum atomic E-state index is -0.370. The third-order valence-corrected chi connectivity index (χ3v) is 12.9. The second-order valence-corrected chi connectivity index (χ2v) is 15.9. The average Bonchev–Trinajstić information content (AvgIpc) is 2.81. The Morgan fingerprint density at radius 2 is 1.61 bits per heavy atom. The van der Waals surface area contributed by atoms with Crippen LogP contribution in [0.25, 0.3) is 0 Å². The van der Waals surface area contributed by atoms with E-state index in [0.717, 1.165) is 44.9 Å². The Balaban J connectivity index is 1.51. The van der Waals surface area contributed by atoms with Crippen molar-refractivity contribution in [1.29, 1.82) is 0 Å². The molecule has 0 heterocycles. The number of allylic oxidation sites excluding steroid dienone is 2. The van der Waals surface area contributed by atoms with Gasteiger partial charge in [-0.25, -0.2) is 9.78 Å². The van der Waals surface area contributed by atoms with Crippen LogP contribution in [0.4, 0.5) is 0 Å². The van der Waals surface area contributed by atoms with Crippen LogP contribution in [0, 0.1) is 50.7 Å². The van der Waals surface area contributed by atoms with Crippen molar-refractivity contribution in [3.63, 3.8) is 0 Å². The van der Waals surface area contributed by atoms with E-state index in [1.165, 1.54) is 18.4 Å². The molecular weight excluding hydrogens is 474 g/mol. The normalized spacial score (nSPS) is 47.8. The zero-order valence-corrected chi connectivity index (χ0v) is 25.5. The molecule has 0 aromatic carbocycles. The van der Waals surface area contributed by atoms with Crippen LogP contribution >= 0.6 is 0 Å². The number of amides is 1. The molecule has 5 rings (SSSR count). The van der Waals surface area contributed by atoms with Crippen LogP contribution in [-0.4, -0.2) is 30.9 Å².